The Bertz CT molecular complexity index is 246. The molecule has 1 aliphatic rings. The van der Waals surface area contributed by atoms with Crippen molar-refractivity contribution in [3.05, 3.63) is 0 Å². The molecule has 0 aliphatic heterocycles. The van der Waals surface area contributed by atoms with Crippen LogP contribution in [0.15, 0.2) is 0 Å². The fourth-order valence-corrected chi connectivity index (χ4v) is 3.62. The zero-order chi connectivity index (χ0) is 9.90. The van der Waals surface area contributed by atoms with Crippen molar-refractivity contribution in [1.82, 2.24) is 0 Å². The van der Waals surface area contributed by atoms with Crippen LogP contribution in [0.25, 0.3) is 0 Å². The van der Waals surface area contributed by atoms with Gasteiger partial charge in [-0.1, -0.05) is 19.8 Å². The molecular formula is C9H18O3S. The van der Waals surface area contributed by atoms with Crippen molar-refractivity contribution < 1.29 is 13.2 Å². The summed E-state index contributed by atoms with van der Waals surface area (Å²) in [5.74, 6) is 0.234. The van der Waals surface area contributed by atoms with E-state index in [0.717, 1.165) is 25.7 Å². The molecule has 1 aliphatic carbocycles. The standard InChI is InChI=1S/C9H18O3S/c1-3-13(10,11)9-7-5-4-6-8(9)12-2/h8-9H,3-7H2,1-2H3. The second-order valence-corrected chi connectivity index (χ2v) is 6.06. The predicted molar refractivity (Wildman–Crippen MR) is 52.5 cm³/mol. The molecule has 0 radical (unpaired) electrons. The third-order valence-electron chi connectivity index (χ3n) is 2.81. The molecule has 0 amide bonds. The van der Waals surface area contributed by atoms with Crippen LogP contribution in [0.2, 0.25) is 0 Å². The maximum absolute atomic E-state index is 11.6. The second kappa shape index (κ2) is 4.42. The van der Waals surface area contributed by atoms with E-state index in [-0.39, 0.29) is 17.1 Å². The lowest BCUT2D eigenvalue weighted by Crippen LogP contribution is -2.38. The molecule has 78 valence electrons. The Morgan fingerprint density at radius 2 is 1.92 bits per heavy atom. The van der Waals surface area contributed by atoms with Gasteiger partial charge in [-0.2, -0.15) is 0 Å². The highest BCUT2D eigenvalue weighted by Gasteiger charge is 2.34. The summed E-state index contributed by atoms with van der Waals surface area (Å²) in [6.45, 7) is 1.71. The van der Waals surface area contributed by atoms with E-state index < -0.39 is 9.84 Å². The Balaban J connectivity index is 2.75. The van der Waals surface area contributed by atoms with E-state index in [4.69, 9.17) is 4.74 Å². The average molecular weight is 206 g/mol. The van der Waals surface area contributed by atoms with Crippen LogP contribution in [-0.2, 0) is 14.6 Å². The molecule has 2 atom stereocenters. The van der Waals surface area contributed by atoms with Crippen LogP contribution in [0.4, 0.5) is 0 Å². The summed E-state index contributed by atoms with van der Waals surface area (Å²) in [6.07, 6.45) is 3.70. The highest BCUT2D eigenvalue weighted by molar-refractivity contribution is 7.92. The Labute approximate surface area is 80.4 Å². The molecule has 0 spiro atoms. The molecule has 0 saturated heterocycles. The van der Waals surface area contributed by atoms with Crippen molar-refractivity contribution in [1.29, 1.82) is 0 Å². The van der Waals surface area contributed by atoms with Gasteiger partial charge in [-0.25, -0.2) is 8.42 Å². The van der Waals surface area contributed by atoms with Gasteiger partial charge in [0.1, 0.15) is 0 Å². The van der Waals surface area contributed by atoms with Gasteiger partial charge in [0, 0.05) is 12.9 Å². The van der Waals surface area contributed by atoms with Crippen molar-refractivity contribution >= 4 is 9.84 Å². The summed E-state index contributed by atoms with van der Waals surface area (Å²) < 4.78 is 28.5. The van der Waals surface area contributed by atoms with Gasteiger partial charge in [0.2, 0.25) is 0 Å². The van der Waals surface area contributed by atoms with Crippen molar-refractivity contribution in [2.75, 3.05) is 12.9 Å². The number of rotatable bonds is 3. The van der Waals surface area contributed by atoms with Crippen LogP contribution in [0.5, 0.6) is 0 Å². The normalized spacial score (nSPS) is 30.3. The lowest BCUT2D eigenvalue weighted by molar-refractivity contribution is 0.0738. The molecule has 0 aromatic rings. The summed E-state index contributed by atoms with van der Waals surface area (Å²) in [4.78, 5) is 0. The van der Waals surface area contributed by atoms with Gasteiger partial charge in [0.05, 0.1) is 11.4 Å². The highest BCUT2D eigenvalue weighted by atomic mass is 32.2. The summed E-state index contributed by atoms with van der Waals surface area (Å²) in [6, 6.07) is 0. The van der Waals surface area contributed by atoms with E-state index in [9.17, 15) is 8.42 Å². The molecule has 0 heterocycles. The molecule has 1 saturated carbocycles. The molecular weight excluding hydrogens is 188 g/mol. The van der Waals surface area contributed by atoms with Crippen LogP contribution in [0.1, 0.15) is 32.6 Å². The third kappa shape index (κ3) is 2.44. The van der Waals surface area contributed by atoms with E-state index in [1.54, 1.807) is 14.0 Å². The van der Waals surface area contributed by atoms with E-state index in [1.165, 1.54) is 0 Å². The largest absolute Gasteiger partial charge is 0.380 e. The lowest BCUT2D eigenvalue weighted by atomic mass is 9.97. The van der Waals surface area contributed by atoms with Crippen LogP contribution in [0.3, 0.4) is 0 Å². The molecule has 1 fully saturated rings. The van der Waals surface area contributed by atoms with Crippen LogP contribution in [-0.4, -0.2) is 32.6 Å². The lowest BCUT2D eigenvalue weighted by Gasteiger charge is -2.29. The maximum Gasteiger partial charge on any atom is 0.155 e. The molecule has 0 N–H and O–H groups in total. The average Bonchev–Trinajstić information content (AvgIpc) is 2.18. The predicted octanol–water partition coefficient (Wildman–Crippen LogP) is 1.38. The van der Waals surface area contributed by atoms with Gasteiger partial charge >= 0.3 is 0 Å². The number of hydrogen-bond acceptors (Lipinski definition) is 3. The first-order valence-corrected chi connectivity index (χ1v) is 6.57. The number of methoxy groups -OCH3 is 1. The first kappa shape index (κ1) is 11.0. The minimum atomic E-state index is -2.91. The maximum atomic E-state index is 11.6. The van der Waals surface area contributed by atoms with Crippen LogP contribution < -0.4 is 0 Å². The molecule has 4 heteroatoms. The summed E-state index contributed by atoms with van der Waals surface area (Å²) in [5.41, 5.74) is 0. The molecule has 13 heavy (non-hydrogen) atoms. The molecule has 0 bridgehead atoms. The number of sulfone groups is 1. The first-order chi connectivity index (χ1) is 6.11. The second-order valence-electron chi connectivity index (χ2n) is 3.55. The Kier molecular flexibility index (Phi) is 3.74. The van der Waals surface area contributed by atoms with Crippen LogP contribution >= 0.6 is 0 Å². The van der Waals surface area contributed by atoms with Gasteiger partial charge in [-0.15, -0.1) is 0 Å². The third-order valence-corrected chi connectivity index (χ3v) is 5.07. The van der Waals surface area contributed by atoms with E-state index in [2.05, 4.69) is 0 Å². The topological polar surface area (TPSA) is 43.4 Å². The van der Waals surface area contributed by atoms with Gasteiger partial charge in [0.15, 0.2) is 9.84 Å². The summed E-state index contributed by atoms with van der Waals surface area (Å²) >= 11 is 0. The van der Waals surface area contributed by atoms with Crippen molar-refractivity contribution in [2.45, 2.75) is 44.0 Å². The number of ether oxygens (including phenoxy) is 1. The van der Waals surface area contributed by atoms with E-state index in [1.807, 2.05) is 0 Å². The Morgan fingerprint density at radius 3 is 2.46 bits per heavy atom. The van der Waals surface area contributed by atoms with E-state index >= 15 is 0 Å². The van der Waals surface area contributed by atoms with Crippen LogP contribution in [0, 0.1) is 0 Å². The van der Waals surface area contributed by atoms with Crippen molar-refractivity contribution in [3.63, 3.8) is 0 Å². The molecule has 1 rings (SSSR count). The minimum absolute atomic E-state index is 0.0706. The van der Waals surface area contributed by atoms with Crippen molar-refractivity contribution in [3.8, 4) is 0 Å². The fraction of sp³-hybridized carbons (Fsp3) is 1.00. The zero-order valence-corrected chi connectivity index (χ0v) is 9.14. The summed E-state index contributed by atoms with van der Waals surface area (Å²) in [7, 11) is -1.30. The summed E-state index contributed by atoms with van der Waals surface area (Å²) in [5, 5.41) is -0.253. The molecule has 3 nitrogen and oxygen atoms in total. The quantitative estimate of drug-likeness (QED) is 0.700. The van der Waals surface area contributed by atoms with E-state index in [0.29, 0.717) is 0 Å². The van der Waals surface area contributed by atoms with Gasteiger partial charge in [-0.05, 0) is 12.8 Å². The van der Waals surface area contributed by atoms with Gasteiger partial charge < -0.3 is 4.74 Å². The SMILES string of the molecule is CCS(=O)(=O)C1CCCCC1OC. The van der Waals surface area contributed by atoms with Gasteiger partial charge in [0.25, 0.3) is 0 Å². The Morgan fingerprint density at radius 1 is 1.31 bits per heavy atom. The highest BCUT2D eigenvalue weighted by Crippen LogP contribution is 2.26. The first-order valence-electron chi connectivity index (χ1n) is 4.86. The monoisotopic (exact) mass is 206 g/mol. The molecule has 0 aromatic carbocycles. The van der Waals surface area contributed by atoms with Gasteiger partial charge in [-0.3, -0.25) is 0 Å². The fourth-order valence-electron chi connectivity index (χ4n) is 1.96. The van der Waals surface area contributed by atoms with Crippen molar-refractivity contribution in [2.24, 2.45) is 0 Å². The number of hydrogen-bond donors (Lipinski definition) is 0. The minimum Gasteiger partial charge on any atom is -0.380 e. The zero-order valence-electron chi connectivity index (χ0n) is 8.32. The molecule has 2 unspecified atom stereocenters. The molecule has 0 aromatic heterocycles. The smallest absolute Gasteiger partial charge is 0.155 e. The Hall–Kier alpha value is -0.0900.